The Bertz CT molecular complexity index is 3610. The third kappa shape index (κ3) is 5.88. The van der Waals surface area contributed by atoms with Crippen molar-refractivity contribution in [3.8, 4) is 62.1 Å². The summed E-state index contributed by atoms with van der Waals surface area (Å²) in [7, 11) is 0. The van der Waals surface area contributed by atoms with Gasteiger partial charge in [0, 0.05) is 43.9 Å². The summed E-state index contributed by atoms with van der Waals surface area (Å²) in [5.41, 5.74) is 15.6. The van der Waals surface area contributed by atoms with Gasteiger partial charge in [0.05, 0.1) is 11.0 Å². The molecule has 8 aromatic carbocycles. The van der Waals surface area contributed by atoms with Crippen molar-refractivity contribution < 1.29 is 4.42 Å². The zero-order valence-electron chi connectivity index (χ0n) is 37.5. The Labute approximate surface area is 379 Å². The van der Waals surface area contributed by atoms with Crippen LogP contribution in [0.5, 0.6) is 0 Å². The van der Waals surface area contributed by atoms with Gasteiger partial charge in [0.25, 0.3) is 0 Å². The van der Waals surface area contributed by atoms with E-state index in [4.69, 9.17) is 19.4 Å². The van der Waals surface area contributed by atoms with Crippen LogP contribution in [0.4, 0.5) is 0 Å². The first-order valence-corrected chi connectivity index (χ1v) is 22.6. The molecule has 3 heterocycles. The summed E-state index contributed by atoms with van der Waals surface area (Å²) in [6.07, 6.45) is 0. The van der Waals surface area contributed by atoms with Crippen LogP contribution in [0, 0.1) is 5.41 Å². The lowest BCUT2D eigenvalue weighted by molar-refractivity contribution is 0.125. The molecule has 3 aromatic heterocycles. The highest BCUT2D eigenvalue weighted by Crippen LogP contribution is 2.62. The summed E-state index contributed by atoms with van der Waals surface area (Å²) in [5, 5.41) is 4.41. The Hall–Kier alpha value is -7.63. The van der Waals surface area contributed by atoms with Gasteiger partial charge in [0.1, 0.15) is 11.2 Å². The molecule has 0 N–H and O–H groups in total. The lowest BCUT2D eigenvalue weighted by Gasteiger charge is -2.44. The minimum atomic E-state index is 0.0217. The lowest BCUT2D eigenvalue weighted by atomic mass is 9.59. The molecule has 0 saturated heterocycles. The van der Waals surface area contributed by atoms with Gasteiger partial charge in [-0.05, 0) is 104 Å². The Morgan fingerprint density at radius 3 is 1.48 bits per heavy atom. The summed E-state index contributed by atoms with van der Waals surface area (Å²) in [5.74, 6) is 1.85. The van der Waals surface area contributed by atoms with Crippen LogP contribution in [0.3, 0.4) is 0 Å². The molecule has 0 fully saturated rings. The SMILES string of the molecule is CC1(C)c2ccc(-c3ccc4c(c3)c3cc(-c5ccc6oc7cccc(-c8nc(-c9ccccc9)nc(-c9ccccc9)n8)c7c6c5)ccc3n4-c3ccccc3)cc2C(C)(C)C1(C)C. The van der Waals surface area contributed by atoms with E-state index in [0.29, 0.717) is 17.5 Å². The second kappa shape index (κ2) is 14.2. The number of para-hydroxylation sites is 1. The van der Waals surface area contributed by atoms with E-state index in [1.807, 2.05) is 72.8 Å². The van der Waals surface area contributed by atoms with E-state index in [-0.39, 0.29) is 16.2 Å². The Morgan fingerprint density at radius 2 is 0.877 bits per heavy atom. The van der Waals surface area contributed by atoms with Crippen LogP contribution in [0.25, 0.3) is 106 Å². The van der Waals surface area contributed by atoms with E-state index in [1.165, 1.54) is 44.1 Å². The fourth-order valence-electron chi connectivity index (χ4n) is 10.6. The van der Waals surface area contributed by atoms with Crippen LogP contribution in [-0.2, 0) is 10.8 Å². The molecule has 0 spiro atoms. The highest BCUT2D eigenvalue weighted by atomic mass is 16.3. The van der Waals surface area contributed by atoms with Gasteiger partial charge in [0.15, 0.2) is 17.5 Å². The van der Waals surface area contributed by atoms with Crippen LogP contribution in [-0.4, -0.2) is 19.5 Å². The first-order valence-electron chi connectivity index (χ1n) is 22.6. The Kier molecular flexibility index (Phi) is 8.51. The molecule has 5 heteroatoms. The third-order valence-electron chi connectivity index (χ3n) is 15.4. The standard InChI is InChI=1S/C60H48N4O/c1-58(2)48-29-25-42(36-49(48)59(3,4)60(58,5)6)40-27-31-51-46(34-40)45-33-39(26-30-50(45)64(51)43-21-14-9-15-22-43)41-28-32-52-47(35-41)54-44(23-16-24-53(54)65-52)57-62-55(37-17-10-7-11-18-37)61-56(63-57)38-19-12-8-13-20-38/h7-36H,1-6H3. The highest BCUT2D eigenvalue weighted by molar-refractivity contribution is 6.14. The van der Waals surface area contributed by atoms with Crippen molar-refractivity contribution in [3.63, 3.8) is 0 Å². The number of benzene rings is 8. The number of fused-ring (bicyclic) bond motifs is 7. The largest absolute Gasteiger partial charge is 0.456 e. The normalized spacial score (nSPS) is 15.0. The maximum atomic E-state index is 6.56. The van der Waals surface area contributed by atoms with E-state index in [0.717, 1.165) is 55.4 Å². The molecule has 11 aromatic rings. The van der Waals surface area contributed by atoms with Crippen molar-refractivity contribution in [2.45, 2.75) is 52.4 Å². The van der Waals surface area contributed by atoms with Crippen LogP contribution < -0.4 is 0 Å². The van der Waals surface area contributed by atoms with Crippen molar-refractivity contribution in [1.29, 1.82) is 0 Å². The number of hydrogen-bond acceptors (Lipinski definition) is 4. The number of furan rings is 1. The molecule has 0 amide bonds. The van der Waals surface area contributed by atoms with E-state index >= 15 is 0 Å². The quantitative estimate of drug-likeness (QED) is 0.167. The zero-order chi connectivity index (χ0) is 44.2. The summed E-state index contributed by atoms with van der Waals surface area (Å²) < 4.78 is 8.96. The minimum Gasteiger partial charge on any atom is -0.456 e. The van der Waals surface area contributed by atoms with E-state index < -0.39 is 0 Å². The Morgan fingerprint density at radius 1 is 0.385 bits per heavy atom. The second-order valence-electron chi connectivity index (χ2n) is 19.3. The smallest absolute Gasteiger partial charge is 0.164 e. The number of nitrogens with zero attached hydrogens (tertiary/aromatic N) is 4. The first-order chi connectivity index (χ1) is 31.5. The van der Waals surface area contributed by atoms with Crippen LogP contribution >= 0.6 is 0 Å². The molecular formula is C60H48N4O. The molecule has 5 nitrogen and oxygen atoms in total. The maximum absolute atomic E-state index is 6.56. The van der Waals surface area contributed by atoms with Crippen LogP contribution in [0.2, 0.25) is 0 Å². The summed E-state index contributed by atoms with van der Waals surface area (Å²) in [6, 6.07) is 64.7. The predicted octanol–water partition coefficient (Wildman–Crippen LogP) is 15.8. The summed E-state index contributed by atoms with van der Waals surface area (Å²) in [6.45, 7) is 14.5. The number of rotatable bonds is 6. The minimum absolute atomic E-state index is 0.0217. The van der Waals surface area contributed by atoms with Gasteiger partial charge < -0.3 is 8.98 Å². The van der Waals surface area contributed by atoms with Crippen molar-refractivity contribution in [2.24, 2.45) is 5.41 Å². The maximum Gasteiger partial charge on any atom is 0.164 e. The van der Waals surface area contributed by atoms with Gasteiger partial charge in [-0.15, -0.1) is 0 Å². The van der Waals surface area contributed by atoms with E-state index in [2.05, 4.69) is 155 Å². The van der Waals surface area contributed by atoms with Gasteiger partial charge in [0.2, 0.25) is 0 Å². The number of hydrogen-bond donors (Lipinski definition) is 0. The molecule has 65 heavy (non-hydrogen) atoms. The highest BCUT2D eigenvalue weighted by Gasteiger charge is 2.56. The molecule has 12 rings (SSSR count). The average Bonchev–Trinajstić information content (AvgIpc) is 3.92. The third-order valence-corrected chi connectivity index (χ3v) is 15.4. The molecule has 0 saturated carbocycles. The first kappa shape index (κ1) is 39.0. The van der Waals surface area contributed by atoms with E-state index in [9.17, 15) is 0 Å². The van der Waals surface area contributed by atoms with Gasteiger partial charge in [-0.3, -0.25) is 0 Å². The van der Waals surface area contributed by atoms with Gasteiger partial charge >= 0.3 is 0 Å². The zero-order valence-corrected chi connectivity index (χ0v) is 37.5. The number of aromatic nitrogens is 4. The second-order valence-corrected chi connectivity index (χ2v) is 19.3. The van der Waals surface area contributed by atoms with Gasteiger partial charge in [-0.25, -0.2) is 15.0 Å². The molecule has 314 valence electrons. The fourth-order valence-corrected chi connectivity index (χ4v) is 10.6. The van der Waals surface area contributed by atoms with Crippen molar-refractivity contribution in [2.75, 3.05) is 0 Å². The van der Waals surface area contributed by atoms with Crippen LogP contribution in [0.15, 0.2) is 186 Å². The topological polar surface area (TPSA) is 56.7 Å². The predicted molar refractivity (Wildman–Crippen MR) is 268 cm³/mol. The fraction of sp³-hybridized carbons (Fsp3) is 0.150. The van der Waals surface area contributed by atoms with E-state index in [1.54, 1.807) is 0 Å². The molecular weight excluding hydrogens is 793 g/mol. The molecule has 0 radical (unpaired) electrons. The summed E-state index contributed by atoms with van der Waals surface area (Å²) in [4.78, 5) is 15.2. The average molecular weight is 841 g/mol. The lowest BCUT2D eigenvalue weighted by Crippen LogP contribution is -2.42. The molecule has 0 aliphatic heterocycles. The Balaban J connectivity index is 1.02. The van der Waals surface area contributed by atoms with Crippen molar-refractivity contribution in [1.82, 2.24) is 19.5 Å². The van der Waals surface area contributed by atoms with Crippen molar-refractivity contribution >= 4 is 43.7 Å². The molecule has 1 aliphatic carbocycles. The molecule has 0 atom stereocenters. The molecule has 0 bridgehead atoms. The van der Waals surface area contributed by atoms with Gasteiger partial charge in [-0.1, -0.05) is 169 Å². The summed E-state index contributed by atoms with van der Waals surface area (Å²) >= 11 is 0. The van der Waals surface area contributed by atoms with Gasteiger partial charge in [-0.2, -0.15) is 0 Å². The molecule has 0 unspecified atom stereocenters. The molecule has 1 aliphatic rings. The monoisotopic (exact) mass is 840 g/mol. The van der Waals surface area contributed by atoms with Crippen molar-refractivity contribution in [3.05, 3.63) is 193 Å². The van der Waals surface area contributed by atoms with Crippen LogP contribution in [0.1, 0.15) is 52.7 Å².